The number of benzene rings is 1. The van der Waals surface area contributed by atoms with Gasteiger partial charge in [-0.1, -0.05) is 31.2 Å². The molecule has 2 atom stereocenters. The van der Waals surface area contributed by atoms with E-state index in [0.29, 0.717) is 18.5 Å². The lowest BCUT2D eigenvalue weighted by molar-refractivity contribution is -0.313. The van der Waals surface area contributed by atoms with E-state index in [9.17, 15) is 14.7 Å². The quantitative estimate of drug-likeness (QED) is 0.845. The summed E-state index contributed by atoms with van der Waals surface area (Å²) in [5, 5.41) is 13.9. The fraction of sp³-hybridized carbons (Fsp3) is 0.375. The Hall–Kier alpha value is -2.10. The summed E-state index contributed by atoms with van der Waals surface area (Å²) >= 11 is 0. The Balaban J connectivity index is 2.06. The van der Waals surface area contributed by atoms with Gasteiger partial charge in [0.2, 0.25) is 5.91 Å². The predicted octanol–water partition coefficient (Wildman–Crippen LogP) is 1.52. The van der Waals surface area contributed by atoms with Crippen LogP contribution in [0, 0.1) is 11.8 Å². The van der Waals surface area contributed by atoms with Crippen molar-refractivity contribution in [3.05, 3.63) is 42.0 Å². The van der Waals surface area contributed by atoms with Crippen molar-refractivity contribution in [1.29, 1.82) is 0 Å². The van der Waals surface area contributed by atoms with Crippen LogP contribution in [0.15, 0.2) is 36.4 Å². The Morgan fingerprint density at radius 1 is 1.15 bits per heavy atom. The molecule has 0 spiro atoms. The maximum absolute atomic E-state index is 12.2. The molecule has 2 rings (SSSR count). The van der Waals surface area contributed by atoms with Gasteiger partial charge in [-0.2, -0.15) is 0 Å². The van der Waals surface area contributed by atoms with Crippen molar-refractivity contribution in [2.75, 3.05) is 5.32 Å². The van der Waals surface area contributed by atoms with Crippen LogP contribution in [0.2, 0.25) is 0 Å². The average molecular weight is 272 g/mol. The van der Waals surface area contributed by atoms with E-state index in [-0.39, 0.29) is 5.91 Å². The third-order valence-electron chi connectivity index (χ3n) is 3.70. The lowest BCUT2D eigenvalue weighted by Gasteiger charge is -2.28. The number of aliphatic carboxylic acids is 1. The Kier molecular flexibility index (Phi) is 4.56. The van der Waals surface area contributed by atoms with Crippen molar-refractivity contribution in [2.24, 2.45) is 11.8 Å². The highest BCUT2D eigenvalue weighted by atomic mass is 16.4. The van der Waals surface area contributed by atoms with Gasteiger partial charge in [0.05, 0.1) is 5.92 Å². The van der Waals surface area contributed by atoms with Gasteiger partial charge in [-0.25, -0.2) is 0 Å². The predicted molar refractivity (Wildman–Crippen MR) is 74.8 cm³/mol. The molecule has 1 N–H and O–H groups in total. The van der Waals surface area contributed by atoms with E-state index in [1.54, 1.807) is 6.08 Å². The van der Waals surface area contributed by atoms with Crippen LogP contribution in [0.25, 0.3) is 0 Å². The van der Waals surface area contributed by atoms with Crippen molar-refractivity contribution < 1.29 is 14.7 Å². The highest BCUT2D eigenvalue weighted by Gasteiger charge is 2.29. The molecule has 4 nitrogen and oxygen atoms in total. The molecular formula is C16H18NO3-. The second-order valence-electron chi connectivity index (χ2n) is 5.01. The number of hydrogen-bond donors (Lipinski definition) is 1. The Bertz CT molecular complexity index is 519. The molecule has 0 aliphatic heterocycles. The molecule has 0 aromatic heterocycles. The van der Waals surface area contributed by atoms with Crippen molar-refractivity contribution >= 4 is 17.6 Å². The first-order valence-corrected chi connectivity index (χ1v) is 6.87. The largest absolute Gasteiger partial charge is 0.550 e. The minimum absolute atomic E-state index is 0.257. The van der Waals surface area contributed by atoms with E-state index < -0.39 is 17.8 Å². The number of carbonyl (C=O) groups is 2. The number of allylic oxidation sites excluding steroid dienone is 2. The van der Waals surface area contributed by atoms with Crippen molar-refractivity contribution in [3.63, 3.8) is 0 Å². The van der Waals surface area contributed by atoms with E-state index in [4.69, 9.17) is 0 Å². The minimum Gasteiger partial charge on any atom is -0.550 e. The van der Waals surface area contributed by atoms with Gasteiger partial charge in [-0.05, 0) is 37.0 Å². The van der Waals surface area contributed by atoms with Gasteiger partial charge in [0.25, 0.3) is 0 Å². The number of carbonyl (C=O) groups excluding carboxylic acids is 2. The molecular weight excluding hydrogens is 254 g/mol. The molecule has 0 fully saturated rings. The third-order valence-corrected chi connectivity index (χ3v) is 3.70. The highest BCUT2D eigenvalue weighted by molar-refractivity contribution is 5.95. The number of aryl methyl sites for hydroxylation is 1. The molecule has 1 aromatic carbocycles. The van der Waals surface area contributed by atoms with Gasteiger partial charge in [0.1, 0.15) is 0 Å². The number of rotatable bonds is 4. The smallest absolute Gasteiger partial charge is 0.228 e. The fourth-order valence-electron chi connectivity index (χ4n) is 2.42. The second-order valence-corrected chi connectivity index (χ2v) is 5.01. The molecule has 0 radical (unpaired) electrons. The van der Waals surface area contributed by atoms with E-state index in [2.05, 4.69) is 12.2 Å². The first kappa shape index (κ1) is 14.3. The first-order chi connectivity index (χ1) is 9.61. The van der Waals surface area contributed by atoms with Gasteiger partial charge in [-0.15, -0.1) is 0 Å². The number of amides is 1. The average Bonchev–Trinajstić information content (AvgIpc) is 2.48. The number of nitrogens with one attached hydrogen (secondary N) is 1. The molecule has 0 bridgehead atoms. The minimum atomic E-state index is -1.16. The van der Waals surface area contributed by atoms with Gasteiger partial charge < -0.3 is 15.2 Å². The summed E-state index contributed by atoms with van der Waals surface area (Å²) in [5.74, 6) is -2.71. The molecule has 0 saturated carbocycles. The topological polar surface area (TPSA) is 69.2 Å². The van der Waals surface area contributed by atoms with E-state index in [0.717, 1.165) is 6.42 Å². The third kappa shape index (κ3) is 3.26. The van der Waals surface area contributed by atoms with Crippen LogP contribution < -0.4 is 10.4 Å². The number of carboxylic acid groups (broad SMARTS) is 1. The highest BCUT2D eigenvalue weighted by Crippen LogP contribution is 2.26. The van der Waals surface area contributed by atoms with Crippen LogP contribution in [0.4, 0.5) is 5.69 Å². The molecule has 1 aliphatic carbocycles. The van der Waals surface area contributed by atoms with Crippen LogP contribution in [-0.4, -0.2) is 11.9 Å². The van der Waals surface area contributed by atoms with Gasteiger partial charge in [0, 0.05) is 17.6 Å². The lowest BCUT2D eigenvalue weighted by Crippen LogP contribution is -2.41. The SMILES string of the molecule is CCc1ccc(NC(=O)[C@H]2CC=CC[C@@H]2C(=O)[O-])cc1. The molecule has 0 heterocycles. The summed E-state index contributed by atoms with van der Waals surface area (Å²) in [6, 6.07) is 7.58. The van der Waals surface area contributed by atoms with Gasteiger partial charge >= 0.3 is 0 Å². The molecule has 0 unspecified atom stereocenters. The molecule has 1 aliphatic rings. The first-order valence-electron chi connectivity index (χ1n) is 6.87. The zero-order valence-corrected chi connectivity index (χ0v) is 11.5. The monoisotopic (exact) mass is 272 g/mol. The summed E-state index contributed by atoms with van der Waals surface area (Å²) in [6.45, 7) is 2.06. The van der Waals surface area contributed by atoms with Gasteiger partial charge in [0.15, 0.2) is 0 Å². The van der Waals surface area contributed by atoms with Crippen LogP contribution >= 0.6 is 0 Å². The van der Waals surface area contributed by atoms with Gasteiger partial charge in [-0.3, -0.25) is 4.79 Å². The summed E-state index contributed by atoms with van der Waals surface area (Å²) in [4.78, 5) is 23.3. The molecule has 106 valence electrons. The van der Waals surface area contributed by atoms with Crippen LogP contribution in [0.5, 0.6) is 0 Å². The van der Waals surface area contributed by atoms with Crippen LogP contribution in [0.3, 0.4) is 0 Å². The Labute approximate surface area is 118 Å². The zero-order valence-electron chi connectivity index (χ0n) is 11.5. The van der Waals surface area contributed by atoms with Crippen molar-refractivity contribution in [3.8, 4) is 0 Å². The summed E-state index contributed by atoms with van der Waals surface area (Å²) in [6.07, 6.45) is 5.38. The zero-order chi connectivity index (χ0) is 14.5. The van der Waals surface area contributed by atoms with Crippen molar-refractivity contribution in [2.45, 2.75) is 26.2 Å². The maximum atomic E-state index is 12.2. The fourth-order valence-corrected chi connectivity index (χ4v) is 2.42. The summed E-state index contributed by atoms with van der Waals surface area (Å²) in [7, 11) is 0. The molecule has 20 heavy (non-hydrogen) atoms. The standard InChI is InChI=1S/C16H19NO3/c1-2-11-7-9-12(10-8-11)17-15(18)13-5-3-4-6-14(13)16(19)20/h3-4,7-10,13-14H,2,5-6H2,1H3,(H,17,18)(H,19,20)/p-1/t13-,14-/m0/s1. The molecule has 1 amide bonds. The van der Waals surface area contributed by atoms with E-state index >= 15 is 0 Å². The Morgan fingerprint density at radius 3 is 2.30 bits per heavy atom. The van der Waals surface area contributed by atoms with E-state index in [1.165, 1.54) is 5.56 Å². The number of carboxylic acids is 1. The molecule has 1 aromatic rings. The normalized spacial score (nSPS) is 21.4. The molecule has 4 heteroatoms. The lowest BCUT2D eigenvalue weighted by atomic mass is 9.82. The number of hydrogen-bond acceptors (Lipinski definition) is 3. The summed E-state index contributed by atoms with van der Waals surface area (Å²) in [5.41, 5.74) is 1.88. The number of anilines is 1. The molecule has 0 saturated heterocycles. The summed E-state index contributed by atoms with van der Waals surface area (Å²) < 4.78 is 0. The maximum Gasteiger partial charge on any atom is 0.228 e. The van der Waals surface area contributed by atoms with Crippen LogP contribution in [0.1, 0.15) is 25.3 Å². The Morgan fingerprint density at radius 2 is 1.75 bits per heavy atom. The van der Waals surface area contributed by atoms with E-state index in [1.807, 2.05) is 30.3 Å². The van der Waals surface area contributed by atoms with Crippen molar-refractivity contribution in [1.82, 2.24) is 0 Å². The second kappa shape index (κ2) is 6.37. The van der Waals surface area contributed by atoms with Crippen LogP contribution in [-0.2, 0) is 16.0 Å².